The van der Waals surface area contributed by atoms with Crippen molar-refractivity contribution in [3.8, 4) is 0 Å². The fourth-order valence-electron chi connectivity index (χ4n) is 2.06. The van der Waals surface area contributed by atoms with Gasteiger partial charge in [-0.05, 0) is 36.0 Å². The van der Waals surface area contributed by atoms with E-state index in [4.69, 9.17) is 10.2 Å². The second-order valence-electron chi connectivity index (χ2n) is 4.33. The van der Waals surface area contributed by atoms with Crippen LogP contribution in [0.5, 0.6) is 0 Å². The van der Waals surface area contributed by atoms with Crippen LogP contribution >= 0.6 is 11.8 Å². The SMILES string of the molecule is Nc1ccc2nc(Sc3cccc4nccn34)oc2c1. The molecule has 3 heterocycles. The van der Waals surface area contributed by atoms with Gasteiger partial charge in [0.15, 0.2) is 5.58 Å². The third-order valence-electron chi connectivity index (χ3n) is 2.98. The molecular formula is C14H10N4OS. The maximum Gasteiger partial charge on any atom is 0.263 e. The van der Waals surface area contributed by atoms with E-state index in [0.717, 1.165) is 16.2 Å². The monoisotopic (exact) mass is 282 g/mol. The molecule has 3 aromatic heterocycles. The molecule has 0 saturated carbocycles. The fourth-order valence-corrected chi connectivity index (χ4v) is 2.91. The lowest BCUT2D eigenvalue weighted by Crippen LogP contribution is -1.87. The summed E-state index contributed by atoms with van der Waals surface area (Å²) in [5.74, 6) is 0. The van der Waals surface area contributed by atoms with Crippen molar-refractivity contribution in [1.29, 1.82) is 0 Å². The Kier molecular flexibility index (Phi) is 2.43. The number of imidazole rings is 1. The van der Waals surface area contributed by atoms with Gasteiger partial charge in [0.25, 0.3) is 5.22 Å². The molecule has 20 heavy (non-hydrogen) atoms. The third-order valence-corrected chi connectivity index (χ3v) is 3.87. The summed E-state index contributed by atoms with van der Waals surface area (Å²) in [6, 6.07) is 11.4. The minimum absolute atomic E-state index is 0.590. The largest absolute Gasteiger partial charge is 0.431 e. The zero-order valence-corrected chi connectivity index (χ0v) is 11.2. The molecule has 6 heteroatoms. The van der Waals surface area contributed by atoms with Gasteiger partial charge in [-0.1, -0.05) is 6.07 Å². The molecule has 2 N–H and O–H groups in total. The molecule has 5 nitrogen and oxygen atoms in total. The zero-order valence-electron chi connectivity index (χ0n) is 10.4. The Hall–Kier alpha value is -2.47. The molecule has 0 fully saturated rings. The first-order chi connectivity index (χ1) is 9.79. The summed E-state index contributed by atoms with van der Waals surface area (Å²) in [6.07, 6.45) is 3.68. The van der Waals surface area contributed by atoms with E-state index >= 15 is 0 Å². The van der Waals surface area contributed by atoms with Crippen molar-refractivity contribution in [2.24, 2.45) is 0 Å². The lowest BCUT2D eigenvalue weighted by molar-refractivity contribution is 0.489. The van der Waals surface area contributed by atoms with E-state index in [9.17, 15) is 0 Å². The van der Waals surface area contributed by atoms with Crippen LogP contribution in [0.15, 0.2) is 63.5 Å². The Morgan fingerprint density at radius 3 is 3.10 bits per heavy atom. The van der Waals surface area contributed by atoms with Crippen LogP contribution in [0.1, 0.15) is 0 Å². The number of nitrogens with two attached hydrogens (primary N) is 1. The Morgan fingerprint density at radius 1 is 1.20 bits per heavy atom. The molecule has 0 spiro atoms. The van der Waals surface area contributed by atoms with Crippen molar-refractivity contribution in [1.82, 2.24) is 14.4 Å². The number of nitrogen functional groups attached to an aromatic ring is 1. The molecule has 0 unspecified atom stereocenters. The van der Waals surface area contributed by atoms with Crippen LogP contribution < -0.4 is 5.73 Å². The first-order valence-corrected chi connectivity index (χ1v) is 6.87. The highest BCUT2D eigenvalue weighted by molar-refractivity contribution is 7.99. The smallest absolute Gasteiger partial charge is 0.263 e. The molecule has 0 aliphatic heterocycles. The lowest BCUT2D eigenvalue weighted by Gasteiger charge is -2.00. The molecule has 4 rings (SSSR count). The quantitative estimate of drug-likeness (QED) is 0.572. The summed E-state index contributed by atoms with van der Waals surface area (Å²) in [4.78, 5) is 8.70. The standard InChI is InChI=1S/C14H10N4OS/c15-9-4-5-10-11(8-9)19-14(17-10)20-13-3-1-2-12-16-6-7-18(12)13/h1-8H,15H2. The zero-order chi connectivity index (χ0) is 13.5. The number of nitrogens with zero attached hydrogens (tertiary/aromatic N) is 3. The molecule has 98 valence electrons. The Labute approximate surface area is 118 Å². The average Bonchev–Trinajstić information content (AvgIpc) is 3.04. The van der Waals surface area contributed by atoms with Gasteiger partial charge < -0.3 is 10.2 Å². The molecule has 0 bridgehead atoms. The fraction of sp³-hybridized carbons (Fsp3) is 0. The number of hydrogen-bond acceptors (Lipinski definition) is 5. The highest BCUT2D eigenvalue weighted by Gasteiger charge is 2.10. The van der Waals surface area contributed by atoms with Crippen LogP contribution in [-0.2, 0) is 0 Å². The molecule has 0 saturated heterocycles. The van der Waals surface area contributed by atoms with Gasteiger partial charge >= 0.3 is 0 Å². The summed E-state index contributed by atoms with van der Waals surface area (Å²) in [5, 5.41) is 1.59. The normalized spacial score (nSPS) is 11.4. The molecule has 0 radical (unpaired) electrons. The predicted octanol–water partition coefficient (Wildman–Crippen LogP) is 3.21. The maximum absolute atomic E-state index is 5.74. The van der Waals surface area contributed by atoms with Crippen molar-refractivity contribution in [3.05, 3.63) is 48.8 Å². The van der Waals surface area contributed by atoms with Crippen molar-refractivity contribution in [3.63, 3.8) is 0 Å². The molecule has 0 aliphatic rings. The van der Waals surface area contributed by atoms with E-state index in [0.29, 0.717) is 16.5 Å². The highest BCUT2D eigenvalue weighted by atomic mass is 32.2. The van der Waals surface area contributed by atoms with Crippen molar-refractivity contribution >= 4 is 34.2 Å². The third kappa shape index (κ3) is 1.81. The number of benzene rings is 1. The Balaban J connectivity index is 1.78. The molecule has 4 aromatic rings. The number of oxazole rings is 1. The number of hydrogen-bond donors (Lipinski definition) is 1. The van der Waals surface area contributed by atoms with E-state index < -0.39 is 0 Å². The Bertz CT molecular complexity index is 912. The van der Waals surface area contributed by atoms with E-state index in [1.54, 1.807) is 12.3 Å². The van der Waals surface area contributed by atoms with Crippen LogP contribution in [0.25, 0.3) is 16.7 Å². The van der Waals surface area contributed by atoms with Gasteiger partial charge in [0, 0.05) is 24.1 Å². The lowest BCUT2D eigenvalue weighted by atomic mass is 10.3. The van der Waals surface area contributed by atoms with Gasteiger partial charge in [-0.15, -0.1) is 0 Å². The Morgan fingerprint density at radius 2 is 2.15 bits per heavy atom. The molecule has 0 aliphatic carbocycles. The number of rotatable bonds is 2. The summed E-state index contributed by atoms with van der Waals surface area (Å²) < 4.78 is 7.71. The van der Waals surface area contributed by atoms with E-state index in [2.05, 4.69) is 9.97 Å². The van der Waals surface area contributed by atoms with E-state index in [1.807, 2.05) is 40.9 Å². The topological polar surface area (TPSA) is 69.3 Å². The van der Waals surface area contributed by atoms with Crippen molar-refractivity contribution in [2.75, 3.05) is 5.73 Å². The average molecular weight is 282 g/mol. The van der Waals surface area contributed by atoms with Gasteiger partial charge in [-0.25, -0.2) is 9.97 Å². The second kappa shape index (κ2) is 4.28. The summed E-state index contributed by atoms with van der Waals surface area (Å²) >= 11 is 1.46. The number of fused-ring (bicyclic) bond motifs is 2. The van der Waals surface area contributed by atoms with Crippen LogP contribution in [0, 0.1) is 0 Å². The number of pyridine rings is 1. The minimum Gasteiger partial charge on any atom is -0.431 e. The van der Waals surface area contributed by atoms with E-state index in [-0.39, 0.29) is 0 Å². The summed E-state index contributed by atoms with van der Waals surface area (Å²) in [7, 11) is 0. The maximum atomic E-state index is 5.74. The van der Waals surface area contributed by atoms with E-state index in [1.165, 1.54) is 11.8 Å². The second-order valence-corrected chi connectivity index (χ2v) is 5.30. The minimum atomic E-state index is 0.590. The molecule has 0 atom stereocenters. The van der Waals surface area contributed by atoms with Gasteiger partial charge in [0.2, 0.25) is 0 Å². The highest BCUT2D eigenvalue weighted by Crippen LogP contribution is 2.30. The van der Waals surface area contributed by atoms with Gasteiger partial charge in [-0.3, -0.25) is 4.40 Å². The molecule has 1 aromatic carbocycles. The summed E-state index contributed by atoms with van der Waals surface area (Å²) in [6.45, 7) is 0. The van der Waals surface area contributed by atoms with Gasteiger partial charge in [-0.2, -0.15) is 0 Å². The molecular weight excluding hydrogens is 272 g/mol. The van der Waals surface area contributed by atoms with Crippen LogP contribution in [0.4, 0.5) is 5.69 Å². The first-order valence-electron chi connectivity index (χ1n) is 6.05. The van der Waals surface area contributed by atoms with Gasteiger partial charge in [0.05, 0.1) is 5.03 Å². The number of anilines is 1. The number of aromatic nitrogens is 3. The summed E-state index contributed by atoms with van der Waals surface area (Å²) in [5.41, 5.74) is 8.81. The predicted molar refractivity (Wildman–Crippen MR) is 77.7 cm³/mol. The van der Waals surface area contributed by atoms with Crippen LogP contribution in [0.3, 0.4) is 0 Å². The molecule has 0 amide bonds. The van der Waals surface area contributed by atoms with Crippen molar-refractivity contribution in [2.45, 2.75) is 10.2 Å². The first kappa shape index (κ1) is 11.4. The van der Waals surface area contributed by atoms with Crippen molar-refractivity contribution < 1.29 is 4.42 Å². The van der Waals surface area contributed by atoms with Gasteiger partial charge in [0.1, 0.15) is 11.2 Å². The van der Waals surface area contributed by atoms with Crippen LogP contribution in [0.2, 0.25) is 0 Å². The van der Waals surface area contributed by atoms with Crippen LogP contribution in [-0.4, -0.2) is 14.4 Å².